The van der Waals surface area contributed by atoms with Crippen molar-refractivity contribution in [2.24, 2.45) is 5.92 Å². The minimum absolute atomic E-state index is 0. The Kier molecular flexibility index (Phi) is 8.41. The molecule has 0 amide bonds. The maximum absolute atomic E-state index is 13.0. The Morgan fingerprint density at radius 2 is 1.93 bits per heavy atom. The van der Waals surface area contributed by atoms with Crippen molar-refractivity contribution in [1.82, 2.24) is 9.80 Å². The van der Waals surface area contributed by atoms with Gasteiger partial charge in [0.25, 0.3) is 0 Å². The topological polar surface area (TPSA) is 43.8 Å². The maximum atomic E-state index is 13.0. The zero-order valence-electron chi connectivity index (χ0n) is 15.0. The summed E-state index contributed by atoms with van der Waals surface area (Å²) in [7, 11) is 0. The lowest BCUT2D eigenvalue weighted by Crippen LogP contribution is -2.54. The molecule has 27 heavy (non-hydrogen) atoms. The summed E-state index contributed by atoms with van der Waals surface area (Å²) >= 11 is 0. The maximum Gasteiger partial charge on any atom is 0.416 e. The molecule has 0 bridgehead atoms. The van der Waals surface area contributed by atoms with Gasteiger partial charge >= 0.3 is 12.1 Å². The highest BCUT2D eigenvalue weighted by Gasteiger charge is 2.40. The molecule has 1 aromatic rings. The highest BCUT2D eigenvalue weighted by molar-refractivity contribution is 5.85. The molecule has 1 aliphatic heterocycles. The monoisotopic (exact) mass is 428 g/mol. The van der Waals surface area contributed by atoms with E-state index in [1.807, 2.05) is 11.8 Å². The second kappa shape index (κ2) is 9.45. The first-order valence-electron chi connectivity index (χ1n) is 8.63. The lowest BCUT2D eigenvalue weighted by molar-refractivity contribution is -0.139. The summed E-state index contributed by atoms with van der Waals surface area (Å²) in [6, 6.07) is 5.70. The van der Waals surface area contributed by atoms with Gasteiger partial charge in [0, 0.05) is 31.7 Å². The largest absolute Gasteiger partial charge is 0.480 e. The molecular weight excluding hydrogens is 404 g/mol. The van der Waals surface area contributed by atoms with Crippen molar-refractivity contribution in [2.75, 3.05) is 26.2 Å². The number of halogens is 5. The first-order valence-corrected chi connectivity index (χ1v) is 8.63. The van der Waals surface area contributed by atoms with Crippen LogP contribution < -0.4 is 0 Å². The molecule has 1 unspecified atom stereocenters. The normalized spacial score (nSPS) is 22.4. The third-order valence-electron chi connectivity index (χ3n) is 5.15. The number of nitrogens with zero attached hydrogens (tertiary/aromatic N) is 2. The molecule has 0 aromatic heterocycles. The number of carboxylic acid groups (broad SMARTS) is 1. The predicted octanol–water partition coefficient (Wildman–Crippen LogP) is 4.09. The Bertz CT molecular complexity index is 641. The summed E-state index contributed by atoms with van der Waals surface area (Å²) in [5, 5.41) is 8.98. The van der Waals surface area contributed by atoms with E-state index < -0.39 is 17.7 Å². The molecule has 1 saturated carbocycles. The quantitative estimate of drug-likeness (QED) is 0.766. The first kappa shape index (κ1) is 24.0. The van der Waals surface area contributed by atoms with Gasteiger partial charge in [0.2, 0.25) is 0 Å². The van der Waals surface area contributed by atoms with E-state index >= 15 is 0 Å². The van der Waals surface area contributed by atoms with E-state index in [4.69, 9.17) is 5.11 Å². The van der Waals surface area contributed by atoms with Gasteiger partial charge in [0.15, 0.2) is 0 Å². The number of piperazine rings is 1. The van der Waals surface area contributed by atoms with E-state index in [2.05, 4.69) is 4.90 Å². The number of carboxylic acids is 1. The minimum atomic E-state index is -4.34. The predicted molar refractivity (Wildman–Crippen MR) is 102 cm³/mol. The van der Waals surface area contributed by atoms with Gasteiger partial charge in [-0.05, 0) is 43.4 Å². The Balaban J connectivity index is 0.00000182. The number of rotatable bonds is 5. The van der Waals surface area contributed by atoms with Crippen LogP contribution >= 0.6 is 24.8 Å². The standard InChI is InChI=1S/C18H23F3N2O2.2ClH/c1-12-10-23(8-7-22(12)11-16(24)25)17(13-5-6-13)14-3-2-4-15(9-14)18(19,20)21;;/h2-4,9,12-13,17H,5-8,10-11H2,1H3,(H,24,25);2*1H/t12-,17?;;/m1../s1. The highest BCUT2D eigenvalue weighted by atomic mass is 35.5. The molecule has 1 N–H and O–H groups in total. The van der Waals surface area contributed by atoms with Gasteiger partial charge in [-0.25, -0.2) is 0 Å². The third kappa shape index (κ3) is 5.98. The molecule has 2 fully saturated rings. The van der Waals surface area contributed by atoms with E-state index in [0.29, 0.717) is 25.6 Å². The molecule has 4 nitrogen and oxygen atoms in total. The third-order valence-corrected chi connectivity index (χ3v) is 5.15. The van der Waals surface area contributed by atoms with Crippen LogP contribution in [-0.2, 0) is 11.0 Å². The van der Waals surface area contributed by atoms with Crippen LogP contribution in [0.1, 0.15) is 36.9 Å². The molecule has 0 radical (unpaired) electrons. The van der Waals surface area contributed by atoms with E-state index in [0.717, 1.165) is 24.5 Å². The number of aliphatic carboxylic acids is 1. The van der Waals surface area contributed by atoms with Crippen molar-refractivity contribution in [2.45, 2.75) is 38.0 Å². The van der Waals surface area contributed by atoms with Crippen LogP contribution in [-0.4, -0.2) is 53.1 Å². The van der Waals surface area contributed by atoms with Gasteiger partial charge in [-0.2, -0.15) is 13.2 Å². The summed E-state index contributed by atoms with van der Waals surface area (Å²) in [4.78, 5) is 15.1. The minimum Gasteiger partial charge on any atom is -0.480 e. The summed E-state index contributed by atoms with van der Waals surface area (Å²) in [5.41, 5.74) is 0.115. The van der Waals surface area contributed by atoms with Crippen LogP contribution in [0.25, 0.3) is 0 Å². The second-order valence-corrected chi connectivity index (χ2v) is 7.11. The van der Waals surface area contributed by atoms with Crippen molar-refractivity contribution in [3.05, 3.63) is 35.4 Å². The van der Waals surface area contributed by atoms with Crippen molar-refractivity contribution in [1.29, 1.82) is 0 Å². The molecular formula is C18H25Cl2F3N2O2. The Hall–Kier alpha value is -1.02. The lowest BCUT2D eigenvalue weighted by Gasteiger charge is -2.43. The molecule has 1 heterocycles. The van der Waals surface area contributed by atoms with E-state index in [1.54, 1.807) is 6.07 Å². The van der Waals surface area contributed by atoms with E-state index in [9.17, 15) is 18.0 Å². The van der Waals surface area contributed by atoms with Gasteiger partial charge in [-0.15, -0.1) is 24.8 Å². The molecule has 2 aliphatic rings. The van der Waals surface area contributed by atoms with Crippen LogP contribution in [0.2, 0.25) is 0 Å². The fourth-order valence-corrected chi connectivity index (χ4v) is 3.78. The molecule has 2 atom stereocenters. The van der Waals surface area contributed by atoms with Gasteiger partial charge in [0.05, 0.1) is 12.1 Å². The number of benzene rings is 1. The van der Waals surface area contributed by atoms with Crippen molar-refractivity contribution < 1.29 is 23.1 Å². The van der Waals surface area contributed by atoms with Crippen molar-refractivity contribution in [3.8, 4) is 0 Å². The molecule has 1 aliphatic carbocycles. The number of alkyl halides is 3. The SMILES string of the molecule is C[C@@H]1CN(C(c2cccc(C(F)(F)F)c2)C2CC2)CCN1CC(=O)O.Cl.Cl. The van der Waals surface area contributed by atoms with Crippen LogP contribution in [0.15, 0.2) is 24.3 Å². The summed E-state index contributed by atoms with van der Waals surface area (Å²) in [6.45, 7) is 3.95. The lowest BCUT2D eigenvalue weighted by atomic mass is 9.96. The zero-order chi connectivity index (χ0) is 18.2. The van der Waals surface area contributed by atoms with Gasteiger partial charge in [-0.1, -0.05) is 12.1 Å². The van der Waals surface area contributed by atoms with Gasteiger partial charge in [-0.3, -0.25) is 14.6 Å². The first-order chi connectivity index (χ1) is 11.8. The average Bonchev–Trinajstić information content (AvgIpc) is 3.34. The van der Waals surface area contributed by atoms with Gasteiger partial charge in [0.1, 0.15) is 0 Å². The average molecular weight is 429 g/mol. The molecule has 9 heteroatoms. The van der Waals surface area contributed by atoms with Crippen LogP contribution in [0.3, 0.4) is 0 Å². The zero-order valence-corrected chi connectivity index (χ0v) is 16.6. The number of hydrogen-bond acceptors (Lipinski definition) is 3. The summed E-state index contributed by atoms with van der Waals surface area (Å²) in [5.74, 6) is -0.460. The Labute approximate surface area is 169 Å². The van der Waals surface area contributed by atoms with Crippen LogP contribution in [0, 0.1) is 5.92 Å². The van der Waals surface area contributed by atoms with Crippen LogP contribution in [0.5, 0.6) is 0 Å². The summed E-state index contributed by atoms with van der Waals surface area (Å²) < 4.78 is 39.1. The summed E-state index contributed by atoms with van der Waals surface area (Å²) in [6.07, 6.45) is -2.27. The molecule has 1 saturated heterocycles. The number of hydrogen-bond donors (Lipinski definition) is 1. The highest BCUT2D eigenvalue weighted by Crippen LogP contribution is 2.46. The van der Waals surface area contributed by atoms with E-state index in [1.165, 1.54) is 12.1 Å². The smallest absolute Gasteiger partial charge is 0.416 e. The van der Waals surface area contributed by atoms with Crippen molar-refractivity contribution >= 4 is 30.8 Å². The fourth-order valence-electron chi connectivity index (χ4n) is 3.78. The van der Waals surface area contributed by atoms with Crippen molar-refractivity contribution in [3.63, 3.8) is 0 Å². The van der Waals surface area contributed by atoms with E-state index in [-0.39, 0.29) is 43.4 Å². The second-order valence-electron chi connectivity index (χ2n) is 7.11. The van der Waals surface area contributed by atoms with Crippen LogP contribution in [0.4, 0.5) is 13.2 Å². The fraction of sp³-hybridized carbons (Fsp3) is 0.611. The molecule has 154 valence electrons. The Morgan fingerprint density at radius 3 is 2.44 bits per heavy atom. The molecule has 0 spiro atoms. The van der Waals surface area contributed by atoms with Gasteiger partial charge < -0.3 is 5.11 Å². The number of carbonyl (C=O) groups is 1. The molecule has 3 rings (SSSR count). The Morgan fingerprint density at radius 1 is 1.26 bits per heavy atom. The molecule has 1 aromatic carbocycles.